The van der Waals surface area contributed by atoms with Crippen LogP contribution in [0, 0.1) is 0 Å². The summed E-state index contributed by atoms with van der Waals surface area (Å²) in [5.41, 5.74) is 2.10. The zero-order valence-corrected chi connectivity index (χ0v) is 15.6. The molecule has 2 rings (SSSR count). The average Bonchev–Trinajstić information content (AvgIpc) is 2.62. The molecule has 0 aliphatic carbocycles. The van der Waals surface area contributed by atoms with Crippen LogP contribution in [0.25, 0.3) is 0 Å². The molecule has 0 saturated carbocycles. The Labute approximate surface area is 154 Å². The van der Waals surface area contributed by atoms with E-state index in [1.54, 1.807) is 38.1 Å². The molecule has 0 saturated heterocycles. The fourth-order valence-electron chi connectivity index (χ4n) is 2.46. The number of esters is 1. The molecule has 0 fully saturated rings. The summed E-state index contributed by atoms with van der Waals surface area (Å²) < 4.78 is 10.8. The largest absolute Gasteiger partial charge is 0.481 e. The minimum absolute atomic E-state index is 0.257. The van der Waals surface area contributed by atoms with E-state index in [0.29, 0.717) is 29.5 Å². The van der Waals surface area contributed by atoms with Crippen LogP contribution >= 0.6 is 0 Å². The van der Waals surface area contributed by atoms with E-state index < -0.39 is 6.10 Å². The monoisotopic (exact) mass is 355 g/mol. The molecule has 2 aromatic rings. The van der Waals surface area contributed by atoms with Gasteiger partial charge in [0, 0.05) is 5.69 Å². The number of hydrogen-bond donors (Lipinski definition) is 1. The molecule has 0 bridgehead atoms. The van der Waals surface area contributed by atoms with E-state index in [-0.39, 0.29) is 11.9 Å². The van der Waals surface area contributed by atoms with Crippen molar-refractivity contribution in [2.24, 2.45) is 0 Å². The molecule has 0 aliphatic heterocycles. The second-order valence-corrected chi connectivity index (χ2v) is 6.24. The molecule has 5 heteroatoms. The van der Waals surface area contributed by atoms with Crippen molar-refractivity contribution in [2.45, 2.75) is 39.7 Å². The number of carbonyl (C=O) groups excluding carboxylic acids is 2. The molecule has 138 valence electrons. The van der Waals surface area contributed by atoms with Gasteiger partial charge in [-0.2, -0.15) is 0 Å². The normalized spacial score (nSPS) is 11.7. The van der Waals surface area contributed by atoms with Gasteiger partial charge in [-0.15, -0.1) is 0 Å². The lowest BCUT2D eigenvalue weighted by Gasteiger charge is -2.18. The van der Waals surface area contributed by atoms with Gasteiger partial charge in [-0.25, -0.2) is 4.79 Å². The van der Waals surface area contributed by atoms with Gasteiger partial charge < -0.3 is 14.8 Å². The fraction of sp³-hybridized carbons (Fsp3) is 0.333. The van der Waals surface area contributed by atoms with Gasteiger partial charge in [0.1, 0.15) is 5.75 Å². The van der Waals surface area contributed by atoms with Gasteiger partial charge in [-0.1, -0.05) is 32.0 Å². The minimum Gasteiger partial charge on any atom is -0.481 e. The summed E-state index contributed by atoms with van der Waals surface area (Å²) >= 11 is 0. The topological polar surface area (TPSA) is 64.6 Å². The van der Waals surface area contributed by atoms with E-state index in [0.717, 1.165) is 5.56 Å². The van der Waals surface area contributed by atoms with Gasteiger partial charge in [0.2, 0.25) is 0 Å². The maximum absolute atomic E-state index is 12.4. The van der Waals surface area contributed by atoms with Crippen molar-refractivity contribution >= 4 is 17.6 Å². The molecule has 0 radical (unpaired) electrons. The van der Waals surface area contributed by atoms with Crippen LogP contribution in [0.3, 0.4) is 0 Å². The van der Waals surface area contributed by atoms with Gasteiger partial charge in [0.25, 0.3) is 5.91 Å². The lowest BCUT2D eigenvalue weighted by molar-refractivity contribution is -0.122. The minimum atomic E-state index is -0.653. The highest BCUT2D eigenvalue weighted by Crippen LogP contribution is 2.26. The highest BCUT2D eigenvalue weighted by atomic mass is 16.5. The lowest BCUT2D eigenvalue weighted by atomic mass is 10.0. The van der Waals surface area contributed by atoms with Crippen LogP contribution in [0.15, 0.2) is 48.5 Å². The fourth-order valence-corrected chi connectivity index (χ4v) is 2.46. The van der Waals surface area contributed by atoms with Crippen LogP contribution < -0.4 is 10.1 Å². The van der Waals surface area contributed by atoms with E-state index in [2.05, 4.69) is 19.2 Å². The Bertz CT molecular complexity index is 753. The first-order chi connectivity index (χ1) is 12.4. The summed E-state index contributed by atoms with van der Waals surface area (Å²) in [6, 6.07) is 14.3. The Morgan fingerprint density at radius 2 is 1.65 bits per heavy atom. The molecule has 0 spiro atoms. The van der Waals surface area contributed by atoms with E-state index >= 15 is 0 Å². The van der Waals surface area contributed by atoms with E-state index in [1.807, 2.05) is 24.3 Å². The number of amides is 1. The van der Waals surface area contributed by atoms with Crippen LogP contribution in [0.5, 0.6) is 5.75 Å². The quantitative estimate of drug-likeness (QED) is 0.748. The Kier molecular flexibility index (Phi) is 6.78. The molecule has 5 nitrogen and oxygen atoms in total. The van der Waals surface area contributed by atoms with Crippen molar-refractivity contribution in [3.8, 4) is 5.75 Å². The maximum Gasteiger partial charge on any atom is 0.338 e. The molecule has 26 heavy (non-hydrogen) atoms. The van der Waals surface area contributed by atoms with Crippen molar-refractivity contribution in [1.82, 2.24) is 0 Å². The van der Waals surface area contributed by atoms with E-state index in [9.17, 15) is 9.59 Å². The Balaban J connectivity index is 2.00. The third kappa shape index (κ3) is 5.09. The summed E-state index contributed by atoms with van der Waals surface area (Å²) in [4.78, 5) is 24.0. The van der Waals surface area contributed by atoms with Crippen molar-refractivity contribution in [2.75, 3.05) is 11.9 Å². The molecule has 1 N–H and O–H groups in total. The first kappa shape index (κ1) is 19.5. The third-order valence-electron chi connectivity index (χ3n) is 3.88. The van der Waals surface area contributed by atoms with Crippen LogP contribution in [0.1, 0.15) is 49.5 Å². The van der Waals surface area contributed by atoms with E-state index in [4.69, 9.17) is 9.47 Å². The predicted molar refractivity (Wildman–Crippen MR) is 102 cm³/mol. The standard InChI is InChI=1S/C21H25NO4/c1-5-25-21(24)16-10-12-17(13-11-16)22-20(23)15(4)26-19-9-7-6-8-18(19)14(2)3/h6-15H,5H2,1-4H3,(H,22,23)/t15-/m1/s1. The number of rotatable bonds is 7. The SMILES string of the molecule is CCOC(=O)c1ccc(NC(=O)[C@@H](C)Oc2ccccc2C(C)C)cc1. The molecule has 1 amide bonds. The van der Waals surface area contributed by atoms with Crippen molar-refractivity contribution in [3.63, 3.8) is 0 Å². The Morgan fingerprint density at radius 3 is 2.27 bits per heavy atom. The lowest BCUT2D eigenvalue weighted by Crippen LogP contribution is -2.30. The first-order valence-electron chi connectivity index (χ1n) is 8.76. The van der Waals surface area contributed by atoms with Crippen molar-refractivity contribution in [1.29, 1.82) is 0 Å². The van der Waals surface area contributed by atoms with Gasteiger partial charge in [-0.3, -0.25) is 4.79 Å². The first-order valence-corrected chi connectivity index (χ1v) is 8.76. The Morgan fingerprint density at radius 1 is 1.00 bits per heavy atom. The Hall–Kier alpha value is -2.82. The predicted octanol–water partition coefficient (Wildman–Crippen LogP) is 4.39. The molecule has 0 aliphatic rings. The van der Waals surface area contributed by atoms with Crippen molar-refractivity contribution < 1.29 is 19.1 Å². The molecule has 2 aromatic carbocycles. The van der Waals surface area contributed by atoms with Crippen molar-refractivity contribution in [3.05, 3.63) is 59.7 Å². The summed E-state index contributed by atoms with van der Waals surface area (Å²) in [5.74, 6) is 0.375. The smallest absolute Gasteiger partial charge is 0.338 e. The molecule has 0 heterocycles. The summed E-state index contributed by atoms with van der Waals surface area (Å²) in [6.07, 6.45) is -0.653. The summed E-state index contributed by atoms with van der Waals surface area (Å²) in [7, 11) is 0. The van der Waals surface area contributed by atoms with Gasteiger partial charge in [0.05, 0.1) is 12.2 Å². The number of para-hydroxylation sites is 1. The van der Waals surface area contributed by atoms with E-state index in [1.165, 1.54) is 0 Å². The van der Waals surface area contributed by atoms with Gasteiger partial charge >= 0.3 is 5.97 Å². The molecule has 0 aromatic heterocycles. The average molecular weight is 355 g/mol. The molecule has 1 atom stereocenters. The zero-order valence-electron chi connectivity index (χ0n) is 15.6. The summed E-state index contributed by atoms with van der Waals surface area (Å²) in [5, 5.41) is 2.79. The number of nitrogens with one attached hydrogen (secondary N) is 1. The number of carbonyl (C=O) groups is 2. The highest BCUT2D eigenvalue weighted by Gasteiger charge is 2.17. The third-order valence-corrected chi connectivity index (χ3v) is 3.88. The maximum atomic E-state index is 12.4. The highest BCUT2D eigenvalue weighted by molar-refractivity contribution is 5.95. The second-order valence-electron chi connectivity index (χ2n) is 6.24. The van der Waals surface area contributed by atoms with Gasteiger partial charge in [-0.05, 0) is 55.7 Å². The number of hydrogen-bond acceptors (Lipinski definition) is 4. The number of ether oxygens (including phenoxy) is 2. The zero-order chi connectivity index (χ0) is 19.1. The molecular weight excluding hydrogens is 330 g/mol. The van der Waals surface area contributed by atoms with Crippen LogP contribution in [-0.2, 0) is 9.53 Å². The van der Waals surface area contributed by atoms with Crippen LogP contribution in [0.4, 0.5) is 5.69 Å². The number of anilines is 1. The van der Waals surface area contributed by atoms with Crippen LogP contribution in [-0.4, -0.2) is 24.6 Å². The second kappa shape index (κ2) is 9.04. The molecular formula is C21H25NO4. The summed E-state index contributed by atoms with van der Waals surface area (Å²) in [6.45, 7) is 7.95. The molecule has 0 unspecified atom stereocenters. The number of benzene rings is 2. The van der Waals surface area contributed by atoms with Crippen LogP contribution in [0.2, 0.25) is 0 Å². The van der Waals surface area contributed by atoms with Gasteiger partial charge in [0.15, 0.2) is 6.10 Å².